The van der Waals surface area contributed by atoms with E-state index in [4.69, 9.17) is 9.47 Å². The smallest absolute Gasteiger partial charge is 0.322 e. The van der Waals surface area contributed by atoms with Crippen LogP contribution in [-0.4, -0.2) is 71.4 Å². The summed E-state index contributed by atoms with van der Waals surface area (Å²) in [6.45, 7) is 0.782. The second-order valence-electron chi connectivity index (χ2n) is 5.72. The van der Waals surface area contributed by atoms with Crippen molar-refractivity contribution in [2.45, 2.75) is 18.9 Å². The Bertz CT molecular complexity index is 300. The van der Waals surface area contributed by atoms with Crippen molar-refractivity contribution in [3.8, 4) is 0 Å². The number of esters is 2. The lowest BCUT2D eigenvalue weighted by molar-refractivity contribution is -0.873. The van der Waals surface area contributed by atoms with Gasteiger partial charge in [0.15, 0.2) is 0 Å². The Labute approximate surface area is 123 Å². The lowest BCUT2D eigenvalue weighted by Gasteiger charge is -2.30. The Hall–Kier alpha value is -1.14. The molecule has 0 aromatic carbocycles. The zero-order chi connectivity index (χ0) is 15.1. The van der Waals surface area contributed by atoms with Gasteiger partial charge in [-0.25, -0.2) is 0 Å². The molecule has 0 saturated heterocycles. The minimum Gasteiger partial charge on any atom is -0.469 e. The molecular formula is C14H30N2O4. The molecule has 20 heavy (non-hydrogen) atoms. The van der Waals surface area contributed by atoms with Crippen LogP contribution in [0.4, 0.5) is 0 Å². The average Bonchev–Trinajstić information content (AvgIpc) is 2.32. The molecule has 0 rings (SSSR count). The highest BCUT2D eigenvalue weighted by molar-refractivity contribution is 5.75. The molecule has 2 atom stereocenters. The first kappa shape index (κ1) is 21.2. The number of nitrogens with one attached hydrogen (secondary N) is 1. The molecule has 0 bridgehead atoms. The van der Waals surface area contributed by atoms with E-state index in [1.807, 2.05) is 0 Å². The number of rotatable bonds is 8. The summed E-state index contributed by atoms with van der Waals surface area (Å²) in [4.78, 5) is 23.0. The monoisotopic (exact) mass is 290 g/mol. The minimum atomic E-state index is -0.397. The number of likely N-dealkylation sites (N-methyl/N-ethyl adjacent to an activating group) is 1. The van der Waals surface area contributed by atoms with Gasteiger partial charge in [0.1, 0.15) is 6.04 Å². The maximum atomic E-state index is 11.6. The van der Waals surface area contributed by atoms with Gasteiger partial charge in [-0.05, 0) is 13.5 Å². The van der Waals surface area contributed by atoms with E-state index in [9.17, 15) is 9.59 Å². The molecule has 0 fully saturated rings. The summed E-state index contributed by atoms with van der Waals surface area (Å²) in [7, 11) is 10.6. The number of nitrogens with zero attached hydrogens (tertiary/aromatic N) is 1. The lowest BCUT2D eigenvalue weighted by Crippen LogP contribution is -2.44. The Morgan fingerprint density at radius 3 is 2.05 bits per heavy atom. The fourth-order valence-electron chi connectivity index (χ4n) is 2.12. The Kier molecular flexibility index (Phi) is 10.3. The maximum absolute atomic E-state index is 11.6. The first-order chi connectivity index (χ1) is 8.73. The van der Waals surface area contributed by atoms with Crippen LogP contribution in [0.15, 0.2) is 0 Å². The molecule has 1 N–H and O–H groups in total. The average molecular weight is 290 g/mol. The summed E-state index contributed by atoms with van der Waals surface area (Å²) in [6.07, 6.45) is 0.856. The van der Waals surface area contributed by atoms with E-state index < -0.39 is 6.04 Å². The van der Waals surface area contributed by atoms with Crippen LogP contribution >= 0.6 is 0 Å². The SMILES string of the molecule is CNC(CC(CC(=O)OC)C[N+](C)(C)C)C(=O)OC.[CH3-]. The number of hydrogen-bond donors (Lipinski definition) is 1. The van der Waals surface area contributed by atoms with E-state index in [1.54, 1.807) is 7.05 Å². The molecule has 2 unspecified atom stereocenters. The van der Waals surface area contributed by atoms with E-state index in [0.29, 0.717) is 12.8 Å². The number of ether oxygens (including phenoxy) is 2. The molecule has 0 aliphatic rings. The van der Waals surface area contributed by atoms with E-state index in [-0.39, 0.29) is 25.3 Å². The Balaban J connectivity index is 0. The molecule has 6 heteroatoms. The van der Waals surface area contributed by atoms with Crippen LogP contribution in [-0.2, 0) is 19.1 Å². The third-order valence-corrected chi connectivity index (χ3v) is 2.89. The maximum Gasteiger partial charge on any atom is 0.322 e. The van der Waals surface area contributed by atoms with Gasteiger partial charge in [-0.15, -0.1) is 0 Å². The normalized spacial score (nSPS) is 13.9. The number of hydrogen-bond acceptors (Lipinski definition) is 5. The zero-order valence-electron chi connectivity index (χ0n) is 13.9. The van der Waals surface area contributed by atoms with Crippen molar-refractivity contribution < 1.29 is 23.5 Å². The molecular weight excluding hydrogens is 260 g/mol. The predicted octanol–water partition coefficient (Wildman–Crippen LogP) is 0.473. The van der Waals surface area contributed by atoms with Crippen LogP contribution in [0.25, 0.3) is 0 Å². The fraction of sp³-hybridized carbons (Fsp3) is 0.786. The largest absolute Gasteiger partial charge is 0.469 e. The van der Waals surface area contributed by atoms with Crippen molar-refractivity contribution >= 4 is 11.9 Å². The summed E-state index contributed by atoms with van der Waals surface area (Å²) in [6, 6.07) is -0.397. The predicted molar refractivity (Wildman–Crippen MR) is 78.9 cm³/mol. The lowest BCUT2D eigenvalue weighted by atomic mass is 9.95. The van der Waals surface area contributed by atoms with Crippen LogP contribution < -0.4 is 5.32 Å². The van der Waals surface area contributed by atoms with Crippen molar-refractivity contribution in [2.24, 2.45) is 5.92 Å². The summed E-state index contributed by atoms with van der Waals surface area (Å²) in [5, 5.41) is 2.93. The molecule has 0 aromatic heterocycles. The highest BCUT2D eigenvalue weighted by Gasteiger charge is 2.28. The second-order valence-corrected chi connectivity index (χ2v) is 5.72. The number of carbonyl (C=O) groups excluding carboxylic acids is 2. The summed E-state index contributed by atoms with van der Waals surface area (Å²) in [5.41, 5.74) is 0. The zero-order valence-corrected chi connectivity index (χ0v) is 13.9. The van der Waals surface area contributed by atoms with Gasteiger partial charge in [0, 0.05) is 5.92 Å². The van der Waals surface area contributed by atoms with Gasteiger partial charge < -0.3 is 26.7 Å². The molecule has 0 radical (unpaired) electrons. The van der Waals surface area contributed by atoms with E-state index in [2.05, 4.69) is 26.5 Å². The van der Waals surface area contributed by atoms with Gasteiger partial charge in [-0.1, -0.05) is 0 Å². The highest BCUT2D eigenvalue weighted by Crippen LogP contribution is 2.16. The summed E-state index contributed by atoms with van der Waals surface area (Å²) >= 11 is 0. The second kappa shape index (κ2) is 9.72. The molecule has 0 amide bonds. The Morgan fingerprint density at radius 2 is 1.70 bits per heavy atom. The topological polar surface area (TPSA) is 64.6 Å². The fourth-order valence-corrected chi connectivity index (χ4v) is 2.12. The number of methoxy groups -OCH3 is 2. The molecule has 0 spiro atoms. The van der Waals surface area contributed by atoms with E-state index >= 15 is 0 Å². The molecule has 6 nitrogen and oxygen atoms in total. The van der Waals surface area contributed by atoms with Crippen LogP contribution in [0.2, 0.25) is 0 Å². The summed E-state index contributed by atoms with van der Waals surface area (Å²) in [5.74, 6) is -0.499. The molecule has 0 saturated carbocycles. The van der Waals surface area contributed by atoms with Crippen molar-refractivity contribution in [1.82, 2.24) is 5.32 Å². The van der Waals surface area contributed by atoms with Gasteiger partial charge in [0.05, 0.1) is 48.3 Å². The molecule has 0 aliphatic carbocycles. The molecule has 0 aromatic rings. The Morgan fingerprint density at radius 1 is 1.15 bits per heavy atom. The molecule has 0 aliphatic heterocycles. The summed E-state index contributed by atoms with van der Waals surface area (Å²) < 4.78 is 10.2. The van der Waals surface area contributed by atoms with E-state index in [1.165, 1.54) is 14.2 Å². The van der Waals surface area contributed by atoms with Crippen molar-refractivity contribution in [3.05, 3.63) is 7.43 Å². The van der Waals surface area contributed by atoms with Gasteiger partial charge >= 0.3 is 11.9 Å². The van der Waals surface area contributed by atoms with Crippen molar-refractivity contribution in [3.63, 3.8) is 0 Å². The first-order valence-corrected chi connectivity index (χ1v) is 6.35. The third kappa shape index (κ3) is 8.87. The quantitative estimate of drug-likeness (QED) is 0.400. The van der Waals surface area contributed by atoms with Crippen LogP contribution in [0, 0.1) is 13.3 Å². The molecule has 120 valence electrons. The van der Waals surface area contributed by atoms with Crippen LogP contribution in [0.3, 0.4) is 0 Å². The third-order valence-electron chi connectivity index (χ3n) is 2.89. The van der Waals surface area contributed by atoms with Gasteiger partial charge in [-0.2, -0.15) is 0 Å². The number of quaternary nitrogens is 1. The van der Waals surface area contributed by atoms with Gasteiger partial charge in [0.25, 0.3) is 0 Å². The number of carbonyl (C=O) groups is 2. The molecule has 0 heterocycles. The highest BCUT2D eigenvalue weighted by atomic mass is 16.5. The van der Waals surface area contributed by atoms with Gasteiger partial charge in [-0.3, -0.25) is 9.59 Å². The minimum absolute atomic E-state index is 0. The van der Waals surface area contributed by atoms with Gasteiger partial charge in [0.2, 0.25) is 0 Å². The van der Waals surface area contributed by atoms with E-state index in [0.717, 1.165) is 11.0 Å². The van der Waals surface area contributed by atoms with Crippen LogP contribution in [0.5, 0.6) is 0 Å². The van der Waals surface area contributed by atoms with Crippen molar-refractivity contribution in [1.29, 1.82) is 0 Å². The standard InChI is InChI=1S/C13H27N2O4.CH3/c1-14-11(13(17)19-6)7-10(8-12(16)18-5)9-15(2,3)4;/h10-11,14H,7-9H2,1-6H3;1H3/q+1;-1. The van der Waals surface area contributed by atoms with Crippen molar-refractivity contribution in [2.75, 3.05) is 49.0 Å². The van der Waals surface area contributed by atoms with Crippen LogP contribution in [0.1, 0.15) is 12.8 Å². The first-order valence-electron chi connectivity index (χ1n) is 6.35.